The molecule has 0 saturated carbocycles. The molecule has 2 aromatic rings. The highest BCUT2D eigenvalue weighted by molar-refractivity contribution is 5.51. The van der Waals surface area contributed by atoms with Gasteiger partial charge in [-0.2, -0.15) is 17.9 Å². The Morgan fingerprint density at radius 2 is 2.11 bits per heavy atom. The van der Waals surface area contributed by atoms with Gasteiger partial charge in [-0.05, 0) is 40.6 Å². The van der Waals surface area contributed by atoms with Crippen LogP contribution in [0.2, 0.25) is 0 Å². The molecule has 0 atom stereocenters. The summed E-state index contributed by atoms with van der Waals surface area (Å²) in [7, 11) is 0. The van der Waals surface area contributed by atoms with E-state index in [1.54, 1.807) is 19.1 Å². The molecule has 0 amide bonds. The molecule has 8 heteroatoms. The summed E-state index contributed by atoms with van der Waals surface area (Å²) < 4.78 is 44.4. The highest BCUT2D eigenvalue weighted by atomic mass is 19.4. The molecule has 0 aliphatic carbocycles. The van der Waals surface area contributed by atoms with E-state index in [1.807, 2.05) is 0 Å². The Morgan fingerprint density at radius 3 is 2.84 bits per heavy atom. The summed E-state index contributed by atoms with van der Waals surface area (Å²) in [5.74, 6) is -0.392. The minimum absolute atomic E-state index is 0.291. The highest BCUT2D eigenvalue weighted by Crippen LogP contribution is 2.33. The van der Waals surface area contributed by atoms with Gasteiger partial charge in [-0.25, -0.2) is 0 Å². The van der Waals surface area contributed by atoms with Gasteiger partial charge < -0.3 is 4.74 Å². The second-order valence-electron chi connectivity index (χ2n) is 4.26. The molecule has 0 bridgehead atoms. The predicted octanol–water partition coefficient (Wildman–Crippen LogP) is 1.92. The number of tetrazole rings is 1. The zero-order valence-electron chi connectivity index (χ0n) is 9.90. The molecule has 0 saturated heterocycles. The first-order valence-corrected chi connectivity index (χ1v) is 5.59. The van der Waals surface area contributed by atoms with Crippen LogP contribution in [0.15, 0.2) is 12.1 Å². The lowest BCUT2D eigenvalue weighted by Gasteiger charge is -2.10. The van der Waals surface area contributed by atoms with Crippen LogP contribution < -0.4 is 4.74 Å². The van der Waals surface area contributed by atoms with Crippen molar-refractivity contribution in [3.05, 3.63) is 29.1 Å². The third-order valence-corrected chi connectivity index (χ3v) is 2.92. The zero-order valence-corrected chi connectivity index (χ0v) is 9.90. The van der Waals surface area contributed by atoms with Crippen LogP contribution in [-0.2, 0) is 12.6 Å². The van der Waals surface area contributed by atoms with Crippen molar-refractivity contribution in [2.75, 3.05) is 6.61 Å². The number of hydrogen-bond donors (Lipinski definition) is 0. The maximum absolute atomic E-state index is 12.8. The van der Waals surface area contributed by atoms with Crippen molar-refractivity contribution in [3.63, 3.8) is 0 Å². The van der Waals surface area contributed by atoms with Crippen molar-refractivity contribution in [2.45, 2.75) is 19.5 Å². The standard InChI is InChI=1S/C11H9F3N4O/c1-6-4-8(5-7-2-3-19-9(6)7)18-10(11(12,13)14)15-16-17-18/h4-5H,2-3H2,1H3. The summed E-state index contributed by atoms with van der Waals surface area (Å²) in [4.78, 5) is 0. The lowest BCUT2D eigenvalue weighted by molar-refractivity contribution is -0.146. The molecule has 0 fully saturated rings. The number of hydrogen-bond acceptors (Lipinski definition) is 4. The van der Waals surface area contributed by atoms with Gasteiger partial charge in [-0.15, -0.1) is 5.10 Å². The van der Waals surface area contributed by atoms with Crippen LogP contribution in [0, 0.1) is 6.92 Å². The van der Waals surface area contributed by atoms with Gasteiger partial charge in [0.25, 0.3) is 5.82 Å². The molecule has 1 aromatic heterocycles. The fourth-order valence-electron chi connectivity index (χ4n) is 2.14. The van der Waals surface area contributed by atoms with E-state index in [-0.39, 0.29) is 0 Å². The summed E-state index contributed by atoms with van der Waals surface area (Å²) in [6.45, 7) is 2.33. The molecular formula is C11H9F3N4O. The number of halogens is 3. The molecule has 5 nitrogen and oxygen atoms in total. The normalized spacial score (nSPS) is 14.3. The number of aromatic nitrogens is 4. The van der Waals surface area contributed by atoms with E-state index in [0.717, 1.165) is 16.9 Å². The van der Waals surface area contributed by atoms with Gasteiger partial charge in [0.1, 0.15) is 5.75 Å². The Bertz CT molecular complexity index is 635. The molecule has 2 heterocycles. The quantitative estimate of drug-likeness (QED) is 0.794. The van der Waals surface area contributed by atoms with E-state index >= 15 is 0 Å². The first-order valence-electron chi connectivity index (χ1n) is 5.59. The Morgan fingerprint density at radius 1 is 1.32 bits per heavy atom. The number of alkyl halides is 3. The average Bonchev–Trinajstić information content (AvgIpc) is 2.96. The van der Waals surface area contributed by atoms with Gasteiger partial charge in [-0.1, -0.05) is 0 Å². The van der Waals surface area contributed by atoms with Gasteiger partial charge in [-0.3, -0.25) is 0 Å². The lowest BCUT2D eigenvalue weighted by atomic mass is 10.1. The van der Waals surface area contributed by atoms with Crippen LogP contribution in [0.5, 0.6) is 5.75 Å². The van der Waals surface area contributed by atoms with Gasteiger partial charge in [0.2, 0.25) is 0 Å². The fourth-order valence-corrected chi connectivity index (χ4v) is 2.14. The van der Waals surface area contributed by atoms with Crippen molar-refractivity contribution < 1.29 is 17.9 Å². The number of nitrogens with zero attached hydrogens (tertiary/aromatic N) is 4. The first-order chi connectivity index (χ1) is 8.97. The van der Waals surface area contributed by atoms with E-state index < -0.39 is 12.0 Å². The van der Waals surface area contributed by atoms with E-state index in [0.29, 0.717) is 23.4 Å². The Hall–Kier alpha value is -2.12. The molecule has 0 spiro atoms. The Labute approximate surface area is 106 Å². The number of rotatable bonds is 1. The van der Waals surface area contributed by atoms with E-state index in [9.17, 15) is 13.2 Å². The minimum Gasteiger partial charge on any atom is -0.493 e. The van der Waals surface area contributed by atoms with Gasteiger partial charge in [0.05, 0.1) is 12.3 Å². The van der Waals surface area contributed by atoms with E-state index in [4.69, 9.17) is 4.74 Å². The van der Waals surface area contributed by atoms with Gasteiger partial charge in [0.15, 0.2) is 0 Å². The van der Waals surface area contributed by atoms with Crippen LogP contribution in [0.4, 0.5) is 13.2 Å². The van der Waals surface area contributed by atoms with Crippen molar-refractivity contribution in [2.24, 2.45) is 0 Å². The molecular weight excluding hydrogens is 261 g/mol. The lowest BCUT2D eigenvalue weighted by Crippen LogP contribution is -2.15. The Kier molecular flexibility index (Phi) is 2.48. The van der Waals surface area contributed by atoms with Crippen molar-refractivity contribution in [1.82, 2.24) is 20.2 Å². The summed E-state index contributed by atoms with van der Waals surface area (Å²) >= 11 is 0. The zero-order chi connectivity index (χ0) is 13.6. The van der Waals surface area contributed by atoms with Crippen molar-refractivity contribution in [3.8, 4) is 11.4 Å². The minimum atomic E-state index is -4.59. The molecule has 1 aromatic carbocycles. The van der Waals surface area contributed by atoms with E-state index in [1.165, 1.54) is 0 Å². The number of ether oxygens (including phenoxy) is 1. The van der Waals surface area contributed by atoms with Crippen LogP contribution in [0.3, 0.4) is 0 Å². The molecule has 100 valence electrons. The smallest absolute Gasteiger partial charge is 0.453 e. The maximum atomic E-state index is 12.8. The molecule has 0 N–H and O–H groups in total. The highest BCUT2D eigenvalue weighted by Gasteiger charge is 2.38. The fraction of sp³-hybridized carbons (Fsp3) is 0.364. The average molecular weight is 270 g/mol. The maximum Gasteiger partial charge on any atom is 0.453 e. The second-order valence-corrected chi connectivity index (χ2v) is 4.26. The molecule has 1 aliphatic rings. The summed E-state index contributed by atoms with van der Waals surface area (Å²) in [6.07, 6.45) is -3.92. The third-order valence-electron chi connectivity index (χ3n) is 2.92. The number of aryl methyl sites for hydroxylation is 1. The summed E-state index contributed by atoms with van der Waals surface area (Å²) in [5, 5.41) is 9.55. The predicted molar refractivity (Wildman–Crippen MR) is 58.1 cm³/mol. The summed E-state index contributed by atoms with van der Waals surface area (Å²) in [5.41, 5.74) is 1.94. The van der Waals surface area contributed by atoms with Crippen LogP contribution in [0.25, 0.3) is 5.69 Å². The first kappa shape index (κ1) is 11.9. The van der Waals surface area contributed by atoms with E-state index in [2.05, 4.69) is 15.5 Å². The largest absolute Gasteiger partial charge is 0.493 e. The number of benzene rings is 1. The van der Waals surface area contributed by atoms with Crippen LogP contribution >= 0.6 is 0 Å². The Balaban J connectivity index is 2.14. The third kappa shape index (κ3) is 1.92. The van der Waals surface area contributed by atoms with Crippen molar-refractivity contribution in [1.29, 1.82) is 0 Å². The summed E-state index contributed by atoms with van der Waals surface area (Å²) in [6, 6.07) is 3.21. The SMILES string of the molecule is Cc1cc(-n2nnnc2C(F)(F)F)cc2c1OCC2. The molecule has 3 rings (SSSR count). The number of fused-ring (bicyclic) bond motifs is 1. The molecule has 19 heavy (non-hydrogen) atoms. The molecule has 0 unspecified atom stereocenters. The van der Waals surface area contributed by atoms with Gasteiger partial charge >= 0.3 is 6.18 Å². The topological polar surface area (TPSA) is 52.8 Å². The molecule has 0 radical (unpaired) electrons. The second kappa shape index (κ2) is 3.94. The monoisotopic (exact) mass is 270 g/mol. The van der Waals surface area contributed by atoms with Crippen LogP contribution in [0.1, 0.15) is 17.0 Å². The van der Waals surface area contributed by atoms with Crippen molar-refractivity contribution >= 4 is 0 Å². The van der Waals surface area contributed by atoms with Crippen LogP contribution in [-0.4, -0.2) is 26.8 Å². The van der Waals surface area contributed by atoms with Gasteiger partial charge in [0, 0.05) is 6.42 Å². The molecule has 1 aliphatic heterocycles.